The Kier molecular flexibility index (Phi) is 5.74. The summed E-state index contributed by atoms with van der Waals surface area (Å²) >= 11 is 1.31. The van der Waals surface area contributed by atoms with Crippen molar-refractivity contribution in [2.75, 3.05) is 5.75 Å². The fourth-order valence-electron chi connectivity index (χ4n) is 4.51. The number of nitrogens with one attached hydrogen (secondary N) is 2. The number of nitrogens with zero attached hydrogens (tertiary/aromatic N) is 2. The van der Waals surface area contributed by atoms with Crippen molar-refractivity contribution in [3.8, 4) is 5.69 Å². The number of aromatic nitrogens is 3. The van der Waals surface area contributed by atoms with Crippen LogP contribution in [0.25, 0.3) is 27.6 Å². The number of aromatic amines is 1. The Morgan fingerprint density at radius 2 is 1.88 bits per heavy atom. The van der Waals surface area contributed by atoms with Gasteiger partial charge in [-0.3, -0.25) is 14.2 Å². The largest absolute Gasteiger partial charge is 0.353 e. The Morgan fingerprint density at radius 1 is 1.12 bits per heavy atom. The van der Waals surface area contributed by atoms with Crippen molar-refractivity contribution >= 4 is 39.6 Å². The summed E-state index contributed by atoms with van der Waals surface area (Å²) in [7, 11) is 0. The molecule has 0 unspecified atom stereocenters. The van der Waals surface area contributed by atoms with Gasteiger partial charge in [-0.2, -0.15) is 0 Å². The van der Waals surface area contributed by atoms with Gasteiger partial charge in [-0.05, 0) is 37.5 Å². The van der Waals surface area contributed by atoms with E-state index in [0.717, 1.165) is 35.0 Å². The summed E-state index contributed by atoms with van der Waals surface area (Å²) in [4.78, 5) is 34.4. The van der Waals surface area contributed by atoms with Gasteiger partial charge in [-0.1, -0.05) is 67.4 Å². The van der Waals surface area contributed by atoms with Crippen LogP contribution < -0.4 is 10.9 Å². The second-order valence-electron chi connectivity index (χ2n) is 8.41. The molecule has 7 heteroatoms. The van der Waals surface area contributed by atoms with E-state index in [2.05, 4.69) is 10.3 Å². The first-order valence-corrected chi connectivity index (χ1v) is 12.1. The van der Waals surface area contributed by atoms with Crippen LogP contribution in [0.15, 0.2) is 58.5 Å². The Hall–Kier alpha value is -3.06. The maximum absolute atomic E-state index is 13.6. The molecule has 0 aliphatic heterocycles. The molecular formula is C25H26N4O2S. The van der Waals surface area contributed by atoms with Gasteiger partial charge in [0.2, 0.25) is 5.91 Å². The average Bonchev–Trinajstić information content (AvgIpc) is 3.18. The SMILES string of the molecule is Cc1ccccc1-n1c(SCC(=O)NC2CCCCC2)nc2c([nH]c3ccccc32)c1=O. The highest BCUT2D eigenvalue weighted by atomic mass is 32.2. The molecule has 1 amide bonds. The van der Waals surface area contributed by atoms with Gasteiger partial charge in [0.1, 0.15) is 11.0 Å². The normalized spacial score (nSPS) is 14.8. The minimum atomic E-state index is -0.157. The van der Waals surface area contributed by atoms with Crippen LogP contribution in [0.5, 0.6) is 0 Å². The lowest BCUT2D eigenvalue weighted by Crippen LogP contribution is -2.37. The van der Waals surface area contributed by atoms with E-state index in [9.17, 15) is 9.59 Å². The van der Waals surface area contributed by atoms with Gasteiger partial charge in [0.15, 0.2) is 5.16 Å². The number of carbonyl (C=O) groups excluding carboxylic acids is 1. The van der Waals surface area contributed by atoms with E-state index in [1.165, 1.54) is 31.0 Å². The maximum atomic E-state index is 13.6. The summed E-state index contributed by atoms with van der Waals surface area (Å²) in [6.07, 6.45) is 5.68. The minimum absolute atomic E-state index is 0.00786. The number of para-hydroxylation sites is 2. The van der Waals surface area contributed by atoms with E-state index >= 15 is 0 Å². The summed E-state index contributed by atoms with van der Waals surface area (Å²) in [5.41, 5.74) is 3.59. The molecule has 32 heavy (non-hydrogen) atoms. The fourth-order valence-corrected chi connectivity index (χ4v) is 5.32. The molecule has 0 radical (unpaired) electrons. The predicted octanol–water partition coefficient (Wildman–Crippen LogP) is 4.72. The maximum Gasteiger partial charge on any atom is 0.283 e. The first-order chi connectivity index (χ1) is 15.6. The molecule has 1 aliphatic rings. The Labute approximate surface area is 190 Å². The van der Waals surface area contributed by atoms with Gasteiger partial charge < -0.3 is 10.3 Å². The van der Waals surface area contributed by atoms with Crippen molar-refractivity contribution in [1.82, 2.24) is 19.9 Å². The highest BCUT2D eigenvalue weighted by Crippen LogP contribution is 2.27. The Balaban J connectivity index is 1.55. The molecule has 164 valence electrons. The van der Waals surface area contributed by atoms with Gasteiger partial charge in [-0.15, -0.1) is 0 Å². The molecule has 0 bridgehead atoms. The van der Waals surface area contributed by atoms with E-state index in [4.69, 9.17) is 4.98 Å². The second kappa shape index (κ2) is 8.82. The minimum Gasteiger partial charge on any atom is -0.353 e. The van der Waals surface area contributed by atoms with Crippen molar-refractivity contribution < 1.29 is 4.79 Å². The van der Waals surface area contributed by atoms with Crippen LogP contribution in [0, 0.1) is 6.92 Å². The highest BCUT2D eigenvalue weighted by molar-refractivity contribution is 7.99. The number of amides is 1. The summed E-state index contributed by atoms with van der Waals surface area (Å²) in [6, 6.07) is 15.8. The number of thioether (sulfide) groups is 1. The summed E-state index contributed by atoms with van der Waals surface area (Å²) in [5, 5.41) is 4.59. The van der Waals surface area contributed by atoms with Crippen LogP contribution in [-0.2, 0) is 4.79 Å². The third kappa shape index (κ3) is 3.93. The molecule has 1 saturated carbocycles. The van der Waals surface area contributed by atoms with Crippen LogP contribution in [0.4, 0.5) is 0 Å². The first kappa shape index (κ1) is 20.8. The number of aryl methyl sites for hydroxylation is 1. The first-order valence-electron chi connectivity index (χ1n) is 11.1. The van der Waals surface area contributed by atoms with E-state index < -0.39 is 0 Å². The molecule has 1 aliphatic carbocycles. The zero-order valence-corrected chi connectivity index (χ0v) is 18.9. The lowest BCUT2D eigenvalue weighted by Gasteiger charge is -2.22. The molecule has 2 N–H and O–H groups in total. The monoisotopic (exact) mass is 446 g/mol. The van der Waals surface area contributed by atoms with E-state index in [1.807, 2.05) is 55.5 Å². The molecule has 1 fully saturated rings. The molecule has 0 saturated heterocycles. The number of hydrogen-bond donors (Lipinski definition) is 2. The van der Waals surface area contributed by atoms with Gasteiger partial charge in [0.25, 0.3) is 5.56 Å². The standard InChI is InChI=1S/C25H26N4O2S/c1-16-9-5-8-14-20(16)29-24(31)23-22(18-12-6-7-13-19(18)27-23)28-25(29)32-15-21(30)26-17-10-3-2-4-11-17/h5-9,12-14,17,27H,2-4,10-11,15H2,1H3,(H,26,30). The van der Waals surface area contributed by atoms with Gasteiger partial charge in [0.05, 0.1) is 11.4 Å². The quantitative estimate of drug-likeness (QED) is 0.344. The van der Waals surface area contributed by atoms with Crippen molar-refractivity contribution in [3.63, 3.8) is 0 Å². The molecule has 5 rings (SSSR count). The van der Waals surface area contributed by atoms with Crippen molar-refractivity contribution in [1.29, 1.82) is 0 Å². The second-order valence-corrected chi connectivity index (χ2v) is 9.35. The van der Waals surface area contributed by atoms with Crippen molar-refractivity contribution in [2.24, 2.45) is 0 Å². The lowest BCUT2D eigenvalue weighted by atomic mass is 9.95. The summed E-state index contributed by atoms with van der Waals surface area (Å²) < 4.78 is 1.63. The summed E-state index contributed by atoms with van der Waals surface area (Å²) in [5.74, 6) is 0.217. The number of rotatable bonds is 5. The Bertz CT molecular complexity index is 1350. The zero-order chi connectivity index (χ0) is 22.1. The van der Waals surface area contributed by atoms with Crippen LogP contribution in [0.1, 0.15) is 37.7 Å². The molecule has 2 heterocycles. The predicted molar refractivity (Wildman–Crippen MR) is 130 cm³/mol. The number of benzene rings is 2. The number of H-pyrrole nitrogens is 1. The number of hydrogen-bond acceptors (Lipinski definition) is 4. The smallest absolute Gasteiger partial charge is 0.283 e. The molecule has 0 atom stereocenters. The van der Waals surface area contributed by atoms with E-state index in [-0.39, 0.29) is 23.3 Å². The Morgan fingerprint density at radius 3 is 2.69 bits per heavy atom. The van der Waals surface area contributed by atoms with Crippen molar-refractivity contribution in [2.45, 2.75) is 50.2 Å². The van der Waals surface area contributed by atoms with E-state index in [0.29, 0.717) is 16.2 Å². The van der Waals surface area contributed by atoms with Gasteiger partial charge >= 0.3 is 0 Å². The van der Waals surface area contributed by atoms with E-state index in [1.54, 1.807) is 4.57 Å². The number of carbonyl (C=O) groups is 1. The van der Waals surface area contributed by atoms with Crippen LogP contribution in [-0.4, -0.2) is 32.2 Å². The highest BCUT2D eigenvalue weighted by Gasteiger charge is 2.20. The molecule has 0 spiro atoms. The molecule has 4 aromatic rings. The van der Waals surface area contributed by atoms with Crippen LogP contribution in [0.3, 0.4) is 0 Å². The van der Waals surface area contributed by atoms with Crippen molar-refractivity contribution in [3.05, 3.63) is 64.4 Å². The topological polar surface area (TPSA) is 79.8 Å². The van der Waals surface area contributed by atoms with Crippen LogP contribution in [0.2, 0.25) is 0 Å². The average molecular weight is 447 g/mol. The summed E-state index contributed by atoms with van der Waals surface area (Å²) in [6.45, 7) is 1.97. The zero-order valence-electron chi connectivity index (χ0n) is 18.1. The van der Waals surface area contributed by atoms with Gasteiger partial charge in [0, 0.05) is 16.9 Å². The molecular weight excluding hydrogens is 420 g/mol. The lowest BCUT2D eigenvalue weighted by molar-refractivity contribution is -0.119. The van der Waals surface area contributed by atoms with Gasteiger partial charge in [-0.25, -0.2) is 4.98 Å². The number of fused-ring (bicyclic) bond motifs is 3. The third-order valence-electron chi connectivity index (χ3n) is 6.15. The third-order valence-corrected chi connectivity index (χ3v) is 7.09. The molecule has 6 nitrogen and oxygen atoms in total. The van der Waals surface area contributed by atoms with Crippen LogP contribution >= 0.6 is 11.8 Å². The molecule has 2 aromatic heterocycles. The fraction of sp³-hybridized carbons (Fsp3) is 0.320. The molecule has 2 aromatic carbocycles.